The minimum absolute atomic E-state index is 0.218. The van der Waals surface area contributed by atoms with Gasteiger partial charge in [-0.2, -0.15) is 0 Å². The maximum Gasteiger partial charge on any atom is 0.230 e. The Kier molecular flexibility index (Phi) is 9.14. The van der Waals surface area contributed by atoms with Crippen LogP contribution >= 0.6 is 0 Å². The Labute approximate surface area is 58.9 Å². The van der Waals surface area contributed by atoms with Gasteiger partial charge in [0.25, 0.3) is 0 Å². The van der Waals surface area contributed by atoms with Gasteiger partial charge in [0.05, 0.1) is 0 Å². The third-order valence-electron chi connectivity index (χ3n) is 0.407. The van der Waals surface area contributed by atoms with E-state index in [2.05, 4.69) is 11.7 Å². The normalized spacial score (nSPS) is 6.80. The quantitative estimate of drug-likeness (QED) is 0.181. The molecule has 0 saturated carbocycles. The molecule has 0 aliphatic heterocycles. The van der Waals surface area contributed by atoms with Gasteiger partial charge in [-0.1, -0.05) is 0 Å². The number of carbonyl (C=O) groups is 2. The first-order valence-corrected chi connectivity index (χ1v) is 2.49. The Morgan fingerprint density at radius 3 is 1.10 bits per heavy atom. The predicted molar refractivity (Wildman–Crippen MR) is 36.0 cm³/mol. The molecule has 2 amide bonds. The van der Waals surface area contributed by atoms with Crippen LogP contribution in [0, 0.1) is 0 Å². The zero-order valence-electron chi connectivity index (χ0n) is 5.97. The van der Waals surface area contributed by atoms with Gasteiger partial charge in [0.15, 0.2) is 0 Å². The second-order valence-corrected chi connectivity index (χ2v) is 1.40. The van der Waals surface area contributed by atoms with Crippen LogP contribution < -0.4 is 22.5 Å². The van der Waals surface area contributed by atoms with Crippen molar-refractivity contribution >= 4 is 11.8 Å². The number of hydrogen-bond acceptors (Lipinski definition) is 4. The number of rotatable bonds is 0. The molecule has 0 fully saturated rings. The molecule has 10 heavy (non-hydrogen) atoms. The fourth-order valence-corrected chi connectivity index (χ4v) is 0. The SMILES string of the molecule is CC(=O)NN.CC(=O)NN. The van der Waals surface area contributed by atoms with Crippen LogP contribution in [0.3, 0.4) is 0 Å². The highest BCUT2D eigenvalue weighted by Crippen LogP contribution is 1.42. The first kappa shape index (κ1) is 11.6. The van der Waals surface area contributed by atoms with Crippen LogP contribution in [0.2, 0.25) is 0 Å². The van der Waals surface area contributed by atoms with E-state index in [9.17, 15) is 9.59 Å². The van der Waals surface area contributed by atoms with E-state index >= 15 is 0 Å². The number of amides is 2. The molecule has 0 bridgehead atoms. The van der Waals surface area contributed by atoms with Crippen LogP contribution in [-0.2, 0) is 9.59 Å². The average molecular weight is 148 g/mol. The molecule has 0 aromatic rings. The molecule has 0 aromatic heterocycles. The topological polar surface area (TPSA) is 110 Å². The summed E-state index contributed by atoms with van der Waals surface area (Å²) < 4.78 is 0. The lowest BCUT2D eigenvalue weighted by atomic mass is 10.8. The van der Waals surface area contributed by atoms with Crippen molar-refractivity contribution in [1.29, 1.82) is 0 Å². The lowest BCUT2D eigenvalue weighted by molar-refractivity contribution is -0.119. The van der Waals surface area contributed by atoms with E-state index in [1.165, 1.54) is 13.8 Å². The molecule has 0 heterocycles. The van der Waals surface area contributed by atoms with Crippen molar-refractivity contribution in [2.24, 2.45) is 11.7 Å². The molecular weight excluding hydrogens is 136 g/mol. The molecule has 6 heteroatoms. The van der Waals surface area contributed by atoms with Crippen molar-refractivity contribution in [3.8, 4) is 0 Å². The van der Waals surface area contributed by atoms with Crippen molar-refractivity contribution in [1.82, 2.24) is 10.9 Å². The van der Waals surface area contributed by atoms with Gasteiger partial charge < -0.3 is 0 Å². The molecule has 0 saturated heterocycles. The highest BCUT2D eigenvalue weighted by Gasteiger charge is 1.73. The monoisotopic (exact) mass is 148 g/mol. The second kappa shape index (κ2) is 7.86. The number of nitrogens with one attached hydrogen (secondary N) is 2. The van der Waals surface area contributed by atoms with Crippen LogP contribution in [0.25, 0.3) is 0 Å². The second-order valence-electron chi connectivity index (χ2n) is 1.40. The summed E-state index contributed by atoms with van der Waals surface area (Å²) in [6.07, 6.45) is 0. The molecule has 0 aromatic carbocycles. The zero-order chi connectivity index (χ0) is 8.57. The maximum absolute atomic E-state index is 9.58. The standard InChI is InChI=1S/2C2H6N2O/c2*1-2(5)4-3/h2*3H2,1H3,(H,4,5). The molecule has 0 aliphatic rings. The van der Waals surface area contributed by atoms with Gasteiger partial charge in [-0.15, -0.1) is 0 Å². The summed E-state index contributed by atoms with van der Waals surface area (Å²) in [7, 11) is 0. The molecule has 0 radical (unpaired) electrons. The Morgan fingerprint density at radius 2 is 1.10 bits per heavy atom. The minimum atomic E-state index is -0.218. The van der Waals surface area contributed by atoms with Gasteiger partial charge in [0.2, 0.25) is 11.8 Å². The van der Waals surface area contributed by atoms with E-state index < -0.39 is 0 Å². The Hall–Kier alpha value is -1.14. The first-order chi connectivity index (χ1) is 4.54. The molecule has 0 unspecified atom stereocenters. The van der Waals surface area contributed by atoms with Crippen LogP contribution in [0.5, 0.6) is 0 Å². The molecule has 0 atom stereocenters. The van der Waals surface area contributed by atoms with Crippen LogP contribution in [0.1, 0.15) is 13.8 Å². The van der Waals surface area contributed by atoms with E-state index in [0.29, 0.717) is 0 Å². The lowest BCUT2D eigenvalue weighted by Gasteiger charge is -1.80. The molecule has 60 valence electrons. The van der Waals surface area contributed by atoms with E-state index in [4.69, 9.17) is 0 Å². The number of hydrazine groups is 2. The molecule has 6 nitrogen and oxygen atoms in total. The van der Waals surface area contributed by atoms with Gasteiger partial charge in [0.1, 0.15) is 0 Å². The van der Waals surface area contributed by atoms with E-state index in [-0.39, 0.29) is 11.8 Å². The van der Waals surface area contributed by atoms with E-state index in [1.807, 2.05) is 10.9 Å². The van der Waals surface area contributed by atoms with E-state index in [0.717, 1.165) is 0 Å². The zero-order valence-corrected chi connectivity index (χ0v) is 5.97. The molecular formula is C4H12N4O2. The van der Waals surface area contributed by atoms with Crippen molar-refractivity contribution in [2.45, 2.75) is 13.8 Å². The smallest absolute Gasteiger partial charge is 0.230 e. The van der Waals surface area contributed by atoms with Crippen molar-refractivity contribution in [3.63, 3.8) is 0 Å². The third kappa shape index (κ3) is 28.8. The van der Waals surface area contributed by atoms with Crippen molar-refractivity contribution in [3.05, 3.63) is 0 Å². The van der Waals surface area contributed by atoms with Gasteiger partial charge in [0, 0.05) is 13.8 Å². The van der Waals surface area contributed by atoms with Crippen LogP contribution in [0.15, 0.2) is 0 Å². The Bertz CT molecular complexity index is 99.8. The summed E-state index contributed by atoms with van der Waals surface area (Å²) in [4.78, 5) is 19.2. The van der Waals surface area contributed by atoms with Crippen molar-refractivity contribution < 1.29 is 9.59 Å². The van der Waals surface area contributed by atoms with E-state index in [1.54, 1.807) is 0 Å². The largest absolute Gasteiger partial charge is 0.295 e. The lowest BCUT2D eigenvalue weighted by Crippen LogP contribution is -2.26. The summed E-state index contributed by atoms with van der Waals surface area (Å²) in [5.74, 6) is 8.71. The van der Waals surface area contributed by atoms with Crippen molar-refractivity contribution in [2.75, 3.05) is 0 Å². The summed E-state index contributed by atoms with van der Waals surface area (Å²) in [6, 6.07) is 0. The molecule has 0 rings (SSSR count). The minimum Gasteiger partial charge on any atom is -0.295 e. The highest BCUT2D eigenvalue weighted by molar-refractivity contribution is 5.72. The Morgan fingerprint density at radius 1 is 1.00 bits per heavy atom. The first-order valence-electron chi connectivity index (χ1n) is 2.49. The highest BCUT2D eigenvalue weighted by atomic mass is 16.2. The van der Waals surface area contributed by atoms with Crippen LogP contribution in [0.4, 0.5) is 0 Å². The fourth-order valence-electron chi connectivity index (χ4n) is 0. The molecule has 0 spiro atoms. The average Bonchev–Trinajstić information content (AvgIpc) is 1.89. The summed E-state index contributed by atoms with van der Waals surface area (Å²) in [6.45, 7) is 2.69. The number of carbonyl (C=O) groups excluding carboxylic acids is 2. The van der Waals surface area contributed by atoms with Gasteiger partial charge >= 0.3 is 0 Å². The molecule has 6 N–H and O–H groups in total. The fraction of sp³-hybridized carbons (Fsp3) is 0.500. The number of nitrogens with two attached hydrogens (primary N) is 2. The summed E-state index contributed by atoms with van der Waals surface area (Å²) in [5.41, 5.74) is 3.78. The summed E-state index contributed by atoms with van der Waals surface area (Å²) >= 11 is 0. The Balaban J connectivity index is 0. The number of hydrogen-bond donors (Lipinski definition) is 4. The predicted octanol–water partition coefficient (Wildman–Crippen LogP) is -2.01. The summed E-state index contributed by atoms with van der Waals surface area (Å²) in [5, 5.41) is 0. The van der Waals surface area contributed by atoms with Crippen LogP contribution in [-0.4, -0.2) is 11.8 Å². The van der Waals surface area contributed by atoms with Gasteiger partial charge in [-0.05, 0) is 0 Å². The third-order valence-corrected chi connectivity index (χ3v) is 0.407. The van der Waals surface area contributed by atoms with Gasteiger partial charge in [-0.25, -0.2) is 11.7 Å². The molecule has 0 aliphatic carbocycles. The van der Waals surface area contributed by atoms with Gasteiger partial charge in [-0.3, -0.25) is 20.4 Å². The maximum atomic E-state index is 9.58.